The second-order valence-corrected chi connectivity index (χ2v) is 10.6. The molecule has 3 aromatic rings. The molecule has 5 rings (SSSR count). The van der Waals surface area contributed by atoms with E-state index >= 15 is 0 Å². The predicted molar refractivity (Wildman–Crippen MR) is 156 cm³/mol. The summed E-state index contributed by atoms with van der Waals surface area (Å²) in [6, 6.07) is 18.1. The molecule has 214 valence electrons. The molecule has 8 heteroatoms. The molecule has 0 radical (unpaired) electrons. The maximum atomic E-state index is 10.1. The van der Waals surface area contributed by atoms with Crippen molar-refractivity contribution in [3.63, 3.8) is 0 Å². The van der Waals surface area contributed by atoms with E-state index in [1.165, 1.54) is 0 Å². The zero-order valence-corrected chi connectivity index (χ0v) is 23.6. The molecule has 2 aromatic carbocycles. The minimum Gasteiger partial charge on any atom is -0.490 e. The number of hydrogen-bond donors (Lipinski definition) is 1. The molecule has 0 saturated carbocycles. The van der Waals surface area contributed by atoms with E-state index in [1.54, 1.807) is 6.20 Å². The third kappa shape index (κ3) is 7.75. The smallest absolute Gasteiger partial charge is 0.158 e. The Morgan fingerprint density at radius 2 is 1.78 bits per heavy atom. The van der Waals surface area contributed by atoms with Crippen LogP contribution < -0.4 is 4.74 Å². The number of nitriles is 1. The molecule has 0 spiro atoms. The van der Waals surface area contributed by atoms with Crippen LogP contribution in [0.2, 0.25) is 0 Å². The Hall–Kier alpha value is -3.66. The molecule has 3 heterocycles. The Labute approximate surface area is 242 Å². The van der Waals surface area contributed by atoms with Crippen molar-refractivity contribution in [2.75, 3.05) is 32.8 Å². The van der Waals surface area contributed by atoms with E-state index in [2.05, 4.69) is 52.1 Å². The number of ether oxygens (including phenoxy) is 3. The highest BCUT2D eigenvalue weighted by molar-refractivity contribution is 5.65. The Kier molecular flexibility index (Phi) is 10.1. The van der Waals surface area contributed by atoms with Crippen LogP contribution in [0, 0.1) is 23.2 Å². The fraction of sp³-hybridized carbons (Fsp3) is 0.455. The lowest BCUT2D eigenvalue weighted by Crippen LogP contribution is -2.38. The van der Waals surface area contributed by atoms with E-state index in [4.69, 9.17) is 19.5 Å². The second kappa shape index (κ2) is 14.3. The lowest BCUT2D eigenvalue weighted by atomic mass is 10.0. The Morgan fingerprint density at radius 3 is 2.44 bits per heavy atom. The van der Waals surface area contributed by atoms with Gasteiger partial charge in [-0.15, -0.1) is 0 Å². The van der Waals surface area contributed by atoms with Gasteiger partial charge in [-0.25, -0.2) is 4.98 Å². The molecule has 2 aliphatic rings. The summed E-state index contributed by atoms with van der Waals surface area (Å²) < 4.78 is 19.9. The minimum absolute atomic E-state index is 0.130. The van der Waals surface area contributed by atoms with E-state index in [0.717, 1.165) is 80.1 Å². The first-order valence-corrected chi connectivity index (χ1v) is 14.5. The highest BCUT2D eigenvalue weighted by atomic mass is 16.7. The molecule has 2 fully saturated rings. The zero-order valence-electron chi connectivity index (χ0n) is 23.6. The Morgan fingerprint density at radius 1 is 1.05 bits per heavy atom. The number of likely N-dealkylation sites (tertiary alicyclic amines) is 1. The van der Waals surface area contributed by atoms with Gasteiger partial charge in [-0.1, -0.05) is 36.1 Å². The summed E-state index contributed by atoms with van der Waals surface area (Å²) in [6.45, 7) is 4.84. The van der Waals surface area contributed by atoms with Crippen molar-refractivity contribution in [1.82, 2.24) is 14.5 Å². The molecule has 1 unspecified atom stereocenters. The van der Waals surface area contributed by atoms with Crippen LogP contribution in [-0.2, 0) is 9.47 Å². The number of hydrogen-bond acceptors (Lipinski definition) is 7. The molecular formula is C33H38N4O4. The highest BCUT2D eigenvalue weighted by Crippen LogP contribution is 2.26. The van der Waals surface area contributed by atoms with Crippen molar-refractivity contribution in [2.45, 2.75) is 63.6 Å². The topological polar surface area (TPSA) is 92.8 Å². The molecule has 0 aliphatic carbocycles. The van der Waals surface area contributed by atoms with Gasteiger partial charge in [-0.3, -0.25) is 4.90 Å². The van der Waals surface area contributed by atoms with Crippen LogP contribution in [-0.4, -0.2) is 64.8 Å². The first-order valence-electron chi connectivity index (χ1n) is 14.5. The molecule has 1 N–H and O–H groups in total. The molecule has 1 aromatic heterocycles. The van der Waals surface area contributed by atoms with Crippen molar-refractivity contribution >= 4 is 0 Å². The monoisotopic (exact) mass is 554 g/mol. The first kappa shape index (κ1) is 28.9. The molecule has 0 amide bonds. The van der Waals surface area contributed by atoms with E-state index in [1.807, 2.05) is 42.0 Å². The number of nitrogens with zero attached hydrogens (tertiary/aromatic N) is 4. The number of aliphatic hydroxyl groups is 1. The summed E-state index contributed by atoms with van der Waals surface area (Å²) in [5, 5.41) is 19.0. The van der Waals surface area contributed by atoms with Gasteiger partial charge in [-0.05, 0) is 74.4 Å². The van der Waals surface area contributed by atoms with Gasteiger partial charge in [0, 0.05) is 37.7 Å². The van der Waals surface area contributed by atoms with Gasteiger partial charge in [0.1, 0.15) is 29.8 Å². The SMILES string of the molecule is C[C@H](OC1CCCCO1)c1nccn1[C@@H](C#Cc1ccc(-c2ccc(OC3CCN(CC#N)CC3)cc2)cc1)CO. The van der Waals surface area contributed by atoms with Crippen molar-refractivity contribution < 1.29 is 19.3 Å². The quantitative estimate of drug-likeness (QED) is 0.290. The lowest BCUT2D eigenvalue weighted by molar-refractivity contribution is -0.188. The summed E-state index contributed by atoms with van der Waals surface area (Å²) in [7, 11) is 0. The average Bonchev–Trinajstić information content (AvgIpc) is 3.50. The molecule has 2 aliphatic heterocycles. The van der Waals surface area contributed by atoms with E-state index in [9.17, 15) is 5.11 Å². The zero-order chi connectivity index (χ0) is 28.4. The van der Waals surface area contributed by atoms with E-state index in [-0.39, 0.29) is 25.1 Å². The molecular weight excluding hydrogens is 516 g/mol. The molecule has 2 saturated heterocycles. The van der Waals surface area contributed by atoms with Gasteiger partial charge in [0.2, 0.25) is 0 Å². The van der Waals surface area contributed by atoms with E-state index < -0.39 is 6.04 Å². The number of benzene rings is 2. The number of piperidine rings is 1. The van der Waals surface area contributed by atoms with Crippen molar-refractivity contribution in [2.24, 2.45) is 0 Å². The van der Waals surface area contributed by atoms with Gasteiger partial charge < -0.3 is 23.9 Å². The van der Waals surface area contributed by atoms with Crippen LogP contribution >= 0.6 is 0 Å². The maximum absolute atomic E-state index is 10.1. The highest BCUT2D eigenvalue weighted by Gasteiger charge is 2.23. The van der Waals surface area contributed by atoms with Gasteiger partial charge >= 0.3 is 0 Å². The number of imidazole rings is 1. The molecule has 0 bridgehead atoms. The third-order valence-corrected chi connectivity index (χ3v) is 7.65. The van der Waals surface area contributed by atoms with Gasteiger partial charge in [0.05, 0.1) is 19.2 Å². The fourth-order valence-electron chi connectivity index (χ4n) is 5.33. The van der Waals surface area contributed by atoms with E-state index in [0.29, 0.717) is 6.54 Å². The van der Waals surface area contributed by atoms with Crippen molar-refractivity contribution in [1.29, 1.82) is 5.26 Å². The first-order chi connectivity index (χ1) is 20.1. The van der Waals surface area contributed by atoms with Crippen LogP contribution in [0.3, 0.4) is 0 Å². The maximum Gasteiger partial charge on any atom is 0.158 e. The predicted octanol–water partition coefficient (Wildman–Crippen LogP) is 5.11. The van der Waals surface area contributed by atoms with Crippen LogP contribution in [0.15, 0.2) is 60.9 Å². The van der Waals surface area contributed by atoms with Crippen LogP contribution in [0.4, 0.5) is 0 Å². The summed E-state index contributed by atoms with van der Waals surface area (Å²) in [4.78, 5) is 6.65. The van der Waals surface area contributed by atoms with Crippen LogP contribution in [0.5, 0.6) is 5.75 Å². The average molecular weight is 555 g/mol. The van der Waals surface area contributed by atoms with Crippen molar-refractivity contribution in [3.05, 3.63) is 72.3 Å². The molecule has 3 atom stereocenters. The van der Waals surface area contributed by atoms with Gasteiger partial charge in [-0.2, -0.15) is 5.26 Å². The second-order valence-electron chi connectivity index (χ2n) is 10.6. The molecule has 8 nitrogen and oxygen atoms in total. The van der Waals surface area contributed by atoms with Gasteiger partial charge in [0.15, 0.2) is 6.29 Å². The van der Waals surface area contributed by atoms with Crippen LogP contribution in [0.1, 0.15) is 62.6 Å². The number of aliphatic hydroxyl groups excluding tert-OH is 1. The van der Waals surface area contributed by atoms with Gasteiger partial charge in [0.25, 0.3) is 0 Å². The summed E-state index contributed by atoms with van der Waals surface area (Å²) in [5.74, 6) is 8.01. The summed E-state index contributed by atoms with van der Waals surface area (Å²) >= 11 is 0. The third-order valence-electron chi connectivity index (χ3n) is 7.65. The lowest BCUT2D eigenvalue weighted by Gasteiger charge is -2.30. The van der Waals surface area contributed by atoms with Crippen molar-refractivity contribution in [3.8, 4) is 34.8 Å². The van der Waals surface area contributed by atoms with Crippen LogP contribution in [0.25, 0.3) is 11.1 Å². The summed E-state index contributed by atoms with van der Waals surface area (Å²) in [6.07, 6.45) is 8.17. The normalized spacial score (nSPS) is 19.5. The number of rotatable bonds is 9. The molecule has 41 heavy (non-hydrogen) atoms. The fourth-order valence-corrected chi connectivity index (χ4v) is 5.33. The Balaban J connectivity index is 1.18. The largest absolute Gasteiger partial charge is 0.490 e. The number of aromatic nitrogens is 2. The summed E-state index contributed by atoms with van der Waals surface area (Å²) in [5.41, 5.74) is 3.07. The minimum atomic E-state index is -0.434. The standard InChI is InChI=1S/C33H38N4O4/c1-25(40-32-4-2-3-23-39-32)33-35-18-22-37(33)29(24-38)12-7-26-5-8-27(9-6-26)28-10-13-30(14-11-28)41-31-15-19-36(20-16-31)21-17-34/h5-6,8-11,13-14,18,22,25,29,31-32,38H,2-4,15-16,19-21,23-24H2,1H3/t25-,29-,32?/m0/s1. The Bertz CT molecular complexity index is 1340.